The van der Waals surface area contributed by atoms with Gasteiger partial charge < -0.3 is 14.2 Å². The van der Waals surface area contributed by atoms with Gasteiger partial charge in [0.1, 0.15) is 6.54 Å². The van der Waals surface area contributed by atoms with Gasteiger partial charge in [-0.25, -0.2) is 4.98 Å². The fourth-order valence-electron chi connectivity index (χ4n) is 3.54. The normalized spacial score (nSPS) is 13.4. The number of amides is 1. The minimum atomic E-state index is -4.46. The topological polar surface area (TPSA) is 91.6 Å². The lowest BCUT2D eigenvalue weighted by atomic mass is 10.1. The lowest BCUT2D eigenvalue weighted by Crippen LogP contribution is -2.24. The van der Waals surface area contributed by atoms with Crippen molar-refractivity contribution in [1.82, 2.24) is 19.7 Å². The molecular weight excluding hydrogens is 443 g/mol. The molecule has 3 aromatic heterocycles. The van der Waals surface area contributed by atoms with E-state index in [4.69, 9.17) is 14.2 Å². The standard InChI is InChI=1S/C21H20F3N5O4/c1-31-10-13-7-18(27-29(13)11-21(22,23)24)28-9-16-14(20(28)30)4-5-15(26-16)12-6-17(32-2)19(33-3)25-8-12/h4-8H,9-11H2,1-3H3. The van der Waals surface area contributed by atoms with Crippen LogP contribution in [0, 0.1) is 0 Å². The van der Waals surface area contributed by atoms with Crippen molar-refractivity contribution in [2.45, 2.75) is 25.9 Å². The van der Waals surface area contributed by atoms with Gasteiger partial charge in [-0.15, -0.1) is 0 Å². The molecule has 4 heterocycles. The Hall–Kier alpha value is -3.67. The third-order valence-electron chi connectivity index (χ3n) is 5.03. The summed E-state index contributed by atoms with van der Waals surface area (Å²) in [6.07, 6.45) is -2.89. The molecule has 0 unspecified atom stereocenters. The van der Waals surface area contributed by atoms with E-state index in [0.717, 1.165) is 4.68 Å². The number of ether oxygens (including phenoxy) is 3. The van der Waals surface area contributed by atoms with E-state index in [1.807, 2.05) is 0 Å². The van der Waals surface area contributed by atoms with Crippen molar-refractivity contribution in [2.75, 3.05) is 26.2 Å². The molecule has 174 valence electrons. The number of carbonyl (C=O) groups is 1. The van der Waals surface area contributed by atoms with Crippen LogP contribution in [0.3, 0.4) is 0 Å². The Labute approximate surface area is 186 Å². The molecule has 4 rings (SSSR count). The Kier molecular flexibility index (Phi) is 5.93. The van der Waals surface area contributed by atoms with Crippen LogP contribution in [0.2, 0.25) is 0 Å². The second-order valence-corrected chi connectivity index (χ2v) is 7.22. The van der Waals surface area contributed by atoms with Gasteiger partial charge in [0.05, 0.1) is 50.0 Å². The van der Waals surface area contributed by atoms with Crippen LogP contribution < -0.4 is 14.4 Å². The summed E-state index contributed by atoms with van der Waals surface area (Å²) in [4.78, 5) is 23.0. The summed E-state index contributed by atoms with van der Waals surface area (Å²) in [5, 5.41) is 4.01. The van der Waals surface area contributed by atoms with Gasteiger partial charge in [0.15, 0.2) is 11.6 Å². The number of hydrogen-bond donors (Lipinski definition) is 0. The lowest BCUT2D eigenvalue weighted by Gasteiger charge is -2.12. The molecule has 0 aliphatic carbocycles. The molecule has 1 aliphatic rings. The summed E-state index contributed by atoms with van der Waals surface area (Å²) >= 11 is 0. The molecule has 3 aromatic rings. The summed E-state index contributed by atoms with van der Waals surface area (Å²) in [6.45, 7) is -1.29. The Bertz CT molecular complexity index is 1200. The van der Waals surface area contributed by atoms with Gasteiger partial charge in [-0.05, 0) is 18.2 Å². The number of alkyl halides is 3. The van der Waals surface area contributed by atoms with Crippen molar-refractivity contribution in [3.63, 3.8) is 0 Å². The predicted molar refractivity (Wildman–Crippen MR) is 110 cm³/mol. The molecule has 0 atom stereocenters. The molecule has 33 heavy (non-hydrogen) atoms. The van der Waals surface area contributed by atoms with Crippen molar-refractivity contribution in [2.24, 2.45) is 0 Å². The van der Waals surface area contributed by atoms with Crippen molar-refractivity contribution in [3.8, 4) is 22.9 Å². The van der Waals surface area contributed by atoms with Gasteiger partial charge >= 0.3 is 6.18 Å². The van der Waals surface area contributed by atoms with Gasteiger partial charge in [-0.3, -0.25) is 19.4 Å². The van der Waals surface area contributed by atoms with E-state index in [1.54, 1.807) is 24.4 Å². The quantitative estimate of drug-likeness (QED) is 0.531. The van der Waals surface area contributed by atoms with Crippen molar-refractivity contribution in [1.29, 1.82) is 0 Å². The number of anilines is 1. The number of pyridine rings is 2. The zero-order chi connectivity index (χ0) is 23.8. The first-order valence-corrected chi connectivity index (χ1v) is 9.76. The Morgan fingerprint density at radius 3 is 2.58 bits per heavy atom. The van der Waals surface area contributed by atoms with E-state index >= 15 is 0 Å². The largest absolute Gasteiger partial charge is 0.491 e. The van der Waals surface area contributed by atoms with E-state index in [9.17, 15) is 18.0 Å². The van der Waals surface area contributed by atoms with Crippen molar-refractivity contribution in [3.05, 3.63) is 47.4 Å². The molecule has 0 fully saturated rings. The van der Waals surface area contributed by atoms with Crippen LogP contribution in [0.4, 0.5) is 19.0 Å². The average Bonchev–Trinajstić information content (AvgIpc) is 3.32. The average molecular weight is 463 g/mol. The van der Waals surface area contributed by atoms with Gasteiger partial charge in [0, 0.05) is 24.9 Å². The summed E-state index contributed by atoms with van der Waals surface area (Å²) in [6, 6.07) is 6.42. The Balaban J connectivity index is 1.64. The zero-order valence-electron chi connectivity index (χ0n) is 18.0. The van der Waals surface area contributed by atoms with E-state index in [0.29, 0.717) is 34.1 Å². The van der Waals surface area contributed by atoms with Crippen LogP contribution in [0.15, 0.2) is 30.5 Å². The van der Waals surface area contributed by atoms with Crippen LogP contribution in [-0.2, 0) is 24.4 Å². The number of methoxy groups -OCH3 is 3. The first-order valence-electron chi connectivity index (χ1n) is 9.76. The zero-order valence-corrected chi connectivity index (χ0v) is 18.0. The van der Waals surface area contributed by atoms with Crippen molar-refractivity contribution >= 4 is 11.7 Å². The monoisotopic (exact) mass is 463 g/mol. The van der Waals surface area contributed by atoms with Gasteiger partial charge in [0.25, 0.3) is 11.8 Å². The molecular formula is C21H20F3N5O4. The number of rotatable bonds is 7. The SMILES string of the molecule is COCc1cc(N2Cc3nc(-c4cnc(OC)c(OC)c4)ccc3C2=O)nn1CC(F)(F)F. The number of halogens is 3. The third kappa shape index (κ3) is 4.46. The number of hydrogen-bond acceptors (Lipinski definition) is 7. The van der Waals surface area contributed by atoms with Crippen LogP contribution in [0.5, 0.6) is 11.6 Å². The molecule has 0 bridgehead atoms. The summed E-state index contributed by atoms with van der Waals surface area (Å²) in [5.41, 5.74) is 2.24. The maximum Gasteiger partial charge on any atom is 0.408 e. The molecule has 0 saturated heterocycles. The fraction of sp³-hybridized carbons (Fsp3) is 0.333. The van der Waals surface area contributed by atoms with Gasteiger partial charge in [-0.2, -0.15) is 18.3 Å². The molecule has 0 aromatic carbocycles. The van der Waals surface area contributed by atoms with Crippen LogP contribution >= 0.6 is 0 Å². The van der Waals surface area contributed by atoms with E-state index < -0.39 is 18.6 Å². The molecule has 9 nitrogen and oxygen atoms in total. The Morgan fingerprint density at radius 2 is 1.91 bits per heavy atom. The summed E-state index contributed by atoms with van der Waals surface area (Å²) in [7, 11) is 4.34. The highest BCUT2D eigenvalue weighted by molar-refractivity contribution is 6.09. The number of fused-ring (bicyclic) bond motifs is 1. The second-order valence-electron chi connectivity index (χ2n) is 7.22. The van der Waals surface area contributed by atoms with Gasteiger partial charge in [0.2, 0.25) is 0 Å². The highest BCUT2D eigenvalue weighted by Gasteiger charge is 2.34. The molecule has 1 aliphatic heterocycles. The minimum absolute atomic E-state index is 0.0676. The summed E-state index contributed by atoms with van der Waals surface area (Å²) < 4.78 is 55.0. The summed E-state index contributed by atoms with van der Waals surface area (Å²) in [5.74, 6) is 0.458. The van der Waals surface area contributed by atoms with Crippen molar-refractivity contribution < 1.29 is 32.2 Å². The first-order chi connectivity index (χ1) is 15.7. The highest BCUT2D eigenvalue weighted by atomic mass is 19.4. The van der Waals surface area contributed by atoms with E-state index in [2.05, 4.69) is 15.1 Å². The number of nitrogens with zero attached hydrogens (tertiary/aromatic N) is 5. The van der Waals surface area contributed by atoms with E-state index in [-0.39, 0.29) is 24.7 Å². The smallest absolute Gasteiger partial charge is 0.408 e. The van der Waals surface area contributed by atoms with E-state index in [1.165, 1.54) is 32.3 Å². The predicted octanol–water partition coefficient (Wildman–Crippen LogP) is 3.23. The third-order valence-corrected chi connectivity index (χ3v) is 5.03. The lowest BCUT2D eigenvalue weighted by molar-refractivity contribution is -0.143. The van der Waals surface area contributed by atoms with Crippen LogP contribution in [0.1, 0.15) is 21.7 Å². The maximum atomic E-state index is 12.9. The molecule has 0 saturated carbocycles. The molecule has 0 spiro atoms. The van der Waals surface area contributed by atoms with Gasteiger partial charge in [-0.1, -0.05) is 0 Å². The first kappa shape index (κ1) is 22.5. The molecule has 0 radical (unpaired) electrons. The fourth-order valence-corrected chi connectivity index (χ4v) is 3.54. The second kappa shape index (κ2) is 8.70. The van der Waals surface area contributed by atoms with Crippen LogP contribution in [-0.4, -0.2) is 53.2 Å². The minimum Gasteiger partial charge on any atom is -0.491 e. The molecule has 0 N–H and O–H groups in total. The van der Waals surface area contributed by atoms with Crippen LogP contribution in [0.25, 0.3) is 11.3 Å². The number of aromatic nitrogens is 4. The molecule has 1 amide bonds. The Morgan fingerprint density at radius 1 is 1.12 bits per heavy atom. The molecule has 12 heteroatoms. The highest BCUT2D eigenvalue weighted by Crippen LogP contribution is 2.32. The maximum absolute atomic E-state index is 12.9. The number of carbonyl (C=O) groups excluding carboxylic acids is 1.